The van der Waals surface area contributed by atoms with Crippen LogP contribution in [0.15, 0.2) is 54.9 Å². The molecule has 1 fully saturated rings. The first-order valence-corrected chi connectivity index (χ1v) is 5.51. The molecule has 1 aliphatic rings. The minimum absolute atomic E-state index is 0.0412. The smallest absolute Gasteiger partial charge is 0.194 e. The lowest BCUT2D eigenvalue weighted by Gasteiger charge is -1.96. The maximum absolute atomic E-state index is 12.0. The van der Waals surface area contributed by atoms with E-state index in [1.54, 1.807) is 12.4 Å². The zero-order chi connectivity index (χ0) is 11.7. The van der Waals surface area contributed by atoms with Gasteiger partial charge in [0, 0.05) is 23.5 Å². The minimum Gasteiger partial charge on any atom is -0.356 e. The summed E-state index contributed by atoms with van der Waals surface area (Å²) in [7, 11) is 0. The fraction of sp³-hybridized carbons (Fsp3) is 0.143. The van der Waals surface area contributed by atoms with Crippen LogP contribution in [0.4, 0.5) is 0 Å². The van der Waals surface area contributed by atoms with Gasteiger partial charge in [-0.05, 0) is 6.07 Å². The van der Waals surface area contributed by atoms with Crippen molar-refractivity contribution in [2.24, 2.45) is 0 Å². The molecule has 0 aliphatic carbocycles. The van der Waals surface area contributed by atoms with Crippen LogP contribution in [0, 0.1) is 0 Å². The summed E-state index contributed by atoms with van der Waals surface area (Å²) in [5.74, 6) is 0.0412. The van der Waals surface area contributed by atoms with Crippen molar-refractivity contribution in [3.8, 4) is 0 Å². The molecule has 3 heteroatoms. The molecule has 0 spiro atoms. The summed E-state index contributed by atoms with van der Waals surface area (Å²) in [4.78, 5) is 16.1. The SMILES string of the molecule is O=C(c1ccccc1)[C@H]1O[C@@H]1c1cccnc1. The predicted molar refractivity (Wildman–Crippen MR) is 62.6 cm³/mol. The average molecular weight is 225 g/mol. The third kappa shape index (κ3) is 1.97. The summed E-state index contributed by atoms with van der Waals surface area (Å²) in [6.07, 6.45) is 2.97. The third-order valence-corrected chi connectivity index (χ3v) is 2.82. The maximum Gasteiger partial charge on any atom is 0.194 e. The van der Waals surface area contributed by atoms with Crippen LogP contribution in [0.25, 0.3) is 0 Å². The molecule has 0 unspecified atom stereocenters. The topological polar surface area (TPSA) is 42.5 Å². The number of Topliss-reactive ketones (excluding diaryl/α,β-unsaturated/α-hetero) is 1. The van der Waals surface area contributed by atoms with E-state index in [0.29, 0.717) is 5.56 Å². The van der Waals surface area contributed by atoms with Gasteiger partial charge in [0.2, 0.25) is 0 Å². The number of hydrogen-bond acceptors (Lipinski definition) is 3. The van der Waals surface area contributed by atoms with Crippen LogP contribution in [-0.4, -0.2) is 16.9 Å². The Hall–Kier alpha value is -2.00. The van der Waals surface area contributed by atoms with Crippen LogP contribution in [-0.2, 0) is 4.74 Å². The van der Waals surface area contributed by atoms with Crippen molar-refractivity contribution in [3.05, 3.63) is 66.0 Å². The van der Waals surface area contributed by atoms with Crippen molar-refractivity contribution in [2.45, 2.75) is 12.2 Å². The molecule has 1 aromatic heterocycles. The standard InChI is InChI=1S/C14H11NO2/c16-12(10-5-2-1-3-6-10)14-13(17-14)11-7-4-8-15-9-11/h1-9,13-14H/t13-,14-/m1/s1. The Balaban J connectivity index is 1.76. The molecule has 0 N–H and O–H groups in total. The Bertz CT molecular complexity index is 524. The van der Waals surface area contributed by atoms with Crippen molar-refractivity contribution < 1.29 is 9.53 Å². The zero-order valence-electron chi connectivity index (χ0n) is 9.11. The number of carbonyl (C=O) groups excluding carboxylic acids is 1. The summed E-state index contributed by atoms with van der Waals surface area (Å²) in [5.41, 5.74) is 1.66. The first-order valence-electron chi connectivity index (χ1n) is 5.51. The number of carbonyl (C=O) groups is 1. The largest absolute Gasteiger partial charge is 0.356 e. The Morgan fingerprint density at radius 3 is 2.65 bits per heavy atom. The molecule has 0 bridgehead atoms. The van der Waals surface area contributed by atoms with Gasteiger partial charge in [0.05, 0.1) is 0 Å². The molecular formula is C14H11NO2. The van der Waals surface area contributed by atoms with E-state index in [1.807, 2.05) is 42.5 Å². The average Bonchev–Trinajstić information content (AvgIpc) is 3.20. The van der Waals surface area contributed by atoms with Gasteiger partial charge in [-0.15, -0.1) is 0 Å². The predicted octanol–water partition coefficient (Wildman–Crippen LogP) is 2.40. The van der Waals surface area contributed by atoms with Crippen molar-refractivity contribution >= 4 is 5.78 Å². The summed E-state index contributed by atoms with van der Waals surface area (Å²) >= 11 is 0. The lowest BCUT2D eigenvalue weighted by molar-refractivity contribution is 0.0953. The molecule has 17 heavy (non-hydrogen) atoms. The van der Waals surface area contributed by atoms with Gasteiger partial charge in [-0.25, -0.2) is 0 Å². The van der Waals surface area contributed by atoms with Crippen molar-refractivity contribution in [3.63, 3.8) is 0 Å². The van der Waals surface area contributed by atoms with E-state index in [0.717, 1.165) is 5.56 Å². The summed E-state index contributed by atoms with van der Waals surface area (Å²) in [5, 5.41) is 0. The second-order valence-corrected chi connectivity index (χ2v) is 3.99. The van der Waals surface area contributed by atoms with Crippen LogP contribution < -0.4 is 0 Å². The first kappa shape index (κ1) is 10.2. The lowest BCUT2D eigenvalue weighted by atomic mass is 10.0. The fourth-order valence-electron chi connectivity index (χ4n) is 1.88. The number of pyridine rings is 1. The Morgan fingerprint density at radius 2 is 1.94 bits per heavy atom. The Morgan fingerprint density at radius 1 is 1.12 bits per heavy atom. The quantitative estimate of drug-likeness (QED) is 0.595. The molecule has 2 aromatic rings. The van der Waals surface area contributed by atoms with E-state index in [-0.39, 0.29) is 18.0 Å². The van der Waals surface area contributed by atoms with Gasteiger partial charge in [0.15, 0.2) is 11.9 Å². The zero-order valence-corrected chi connectivity index (χ0v) is 9.11. The monoisotopic (exact) mass is 225 g/mol. The summed E-state index contributed by atoms with van der Waals surface area (Å²) in [6.45, 7) is 0. The molecule has 0 amide bonds. The molecule has 0 radical (unpaired) electrons. The van der Waals surface area contributed by atoms with E-state index in [2.05, 4.69) is 4.98 Å². The van der Waals surface area contributed by atoms with E-state index in [9.17, 15) is 4.79 Å². The van der Waals surface area contributed by atoms with Gasteiger partial charge in [-0.1, -0.05) is 36.4 Å². The van der Waals surface area contributed by atoms with Crippen LogP contribution in [0.1, 0.15) is 22.0 Å². The van der Waals surface area contributed by atoms with Crippen molar-refractivity contribution in [2.75, 3.05) is 0 Å². The number of aromatic nitrogens is 1. The molecule has 1 saturated heterocycles. The Labute approximate surface area is 99.1 Å². The highest BCUT2D eigenvalue weighted by Crippen LogP contribution is 2.40. The molecule has 1 aromatic carbocycles. The minimum atomic E-state index is -0.346. The van der Waals surface area contributed by atoms with Gasteiger partial charge in [0.1, 0.15) is 6.10 Å². The molecule has 0 saturated carbocycles. The van der Waals surface area contributed by atoms with Gasteiger partial charge in [-0.3, -0.25) is 9.78 Å². The highest BCUT2D eigenvalue weighted by Gasteiger charge is 2.46. The normalized spacial score (nSPS) is 22.1. The van der Waals surface area contributed by atoms with Gasteiger partial charge in [-0.2, -0.15) is 0 Å². The molecule has 1 aliphatic heterocycles. The second kappa shape index (κ2) is 4.11. The third-order valence-electron chi connectivity index (χ3n) is 2.82. The Kier molecular flexibility index (Phi) is 2.46. The number of epoxide rings is 1. The van der Waals surface area contributed by atoms with Gasteiger partial charge >= 0.3 is 0 Å². The van der Waals surface area contributed by atoms with E-state index in [1.165, 1.54) is 0 Å². The summed E-state index contributed by atoms with van der Waals surface area (Å²) < 4.78 is 5.43. The van der Waals surface area contributed by atoms with Crippen molar-refractivity contribution in [1.82, 2.24) is 4.98 Å². The maximum atomic E-state index is 12.0. The molecule has 2 heterocycles. The van der Waals surface area contributed by atoms with E-state index < -0.39 is 0 Å². The highest BCUT2D eigenvalue weighted by molar-refractivity contribution is 6.01. The highest BCUT2D eigenvalue weighted by atomic mass is 16.6. The first-order chi connectivity index (χ1) is 8.36. The molecule has 3 rings (SSSR count). The molecular weight excluding hydrogens is 214 g/mol. The van der Waals surface area contributed by atoms with E-state index >= 15 is 0 Å². The van der Waals surface area contributed by atoms with Crippen molar-refractivity contribution in [1.29, 1.82) is 0 Å². The van der Waals surface area contributed by atoms with Gasteiger partial charge in [0.25, 0.3) is 0 Å². The number of ether oxygens (including phenoxy) is 1. The lowest BCUT2D eigenvalue weighted by Crippen LogP contribution is -2.07. The van der Waals surface area contributed by atoms with Crippen LogP contribution in [0.3, 0.4) is 0 Å². The number of ketones is 1. The summed E-state index contributed by atoms with van der Waals surface area (Å²) in [6, 6.07) is 13.0. The number of rotatable bonds is 3. The second-order valence-electron chi connectivity index (χ2n) is 3.99. The van der Waals surface area contributed by atoms with Crippen LogP contribution in [0.2, 0.25) is 0 Å². The van der Waals surface area contributed by atoms with Crippen LogP contribution >= 0.6 is 0 Å². The van der Waals surface area contributed by atoms with Gasteiger partial charge < -0.3 is 4.74 Å². The number of benzene rings is 1. The fourth-order valence-corrected chi connectivity index (χ4v) is 1.88. The molecule has 84 valence electrons. The van der Waals surface area contributed by atoms with Crippen LogP contribution in [0.5, 0.6) is 0 Å². The number of hydrogen-bond donors (Lipinski definition) is 0. The van der Waals surface area contributed by atoms with E-state index in [4.69, 9.17) is 4.74 Å². The number of nitrogens with zero attached hydrogens (tertiary/aromatic N) is 1. The molecule has 2 atom stereocenters. The molecule has 3 nitrogen and oxygen atoms in total.